The van der Waals surface area contributed by atoms with Crippen LogP contribution in [0.2, 0.25) is 0 Å². The maximum absolute atomic E-state index is 12.8. The first-order valence-corrected chi connectivity index (χ1v) is 11.2. The minimum atomic E-state index is -0.148. The topological polar surface area (TPSA) is 88.4 Å². The fraction of sp³-hybridized carbons (Fsp3) is 0.231. The molecule has 0 fully saturated rings. The van der Waals surface area contributed by atoms with Crippen LogP contribution in [0.25, 0.3) is 17.0 Å². The Bertz CT molecular complexity index is 1240. The van der Waals surface area contributed by atoms with Crippen LogP contribution < -0.4 is 10.6 Å². The molecule has 2 aromatic carbocycles. The molecular weight excluding hydrogens is 414 g/mol. The van der Waals surface area contributed by atoms with E-state index in [-0.39, 0.29) is 17.9 Å². The molecule has 0 atom stereocenters. The smallest absolute Gasteiger partial charge is 0.255 e. The van der Waals surface area contributed by atoms with Crippen LogP contribution in [0.5, 0.6) is 0 Å². The van der Waals surface area contributed by atoms with Crippen LogP contribution in [-0.2, 0) is 11.2 Å². The first-order valence-electron chi connectivity index (χ1n) is 11.2. The molecule has 0 saturated heterocycles. The van der Waals surface area contributed by atoms with E-state index in [2.05, 4.69) is 34.7 Å². The van der Waals surface area contributed by atoms with Gasteiger partial charge in [0, 0.05) is 23.5 Å². The number of nitrogens with one attached hydrogen (secondary N) is 2. The quantitative estimate of drug-likeness (QED) is 0.422. The monoisotopic (exact) mass is 441 g/mol. The number of carbonyl (C=O) groups excluding carboxylic acids is 2. The number of carbonyl (C=O) groups is 2. The number of fused-ring (bicyclic) bond motifs is 1. The van der Waals surface area contributed by atoms with Gasteiger partial charge in [0.1, 0.15) is 0 Å². The van der Waals surface area contributed by atoms with Gasteiger partial charge in [0.15, 0.2) is 11.5 Å². The van der Waals surface area contributed by atoms with Crippen molar-refractivity contribution >= 4 is 23.1 Å². The summed E-state index contributed by atoms with van der Waals surface area (Å²) >= 11 is 0. The van der Waals surface area contributed by atoms with Gasteiger partial charge in [-0.25, -0.2) is 0 Å². The molecule has 7 nitrogen and oxygen atoms in total. The Balaban J connectivity index is 1.51. The summed E-state index contributed by atoms with van der Waals surface area (Å²) in [5.41, 5.74) is 3.51. The van der Waals surface area contributed by atoms with Crippen molar-refractivity contribution in [3.05, 3.63) is 84.1 Å². The highest BCUT2D eigenvalue weighted by Gasteiger charge is 2.17. The van der Waals surface area contributed by atoms with Gasteiger partial charge in [0.05, 0.1) is 12.0 Å². The number of anilines is 1. The van der Waals surface area contributed by atoms with Gasteiger partial charge in [0.25, 0.3) is 5.91 Å². The number of benzene rings is 2. The van der Waals surface area contributed by atoms with E-state index < -0.39 is 0 Å². The van der Waals surface area contributed by atoms with Gasteiger partial charge in [-0.15, -0.1) is 10.2 Å². The maximum Gasteiger partial charge on any atom is 0.255 e. The lowest BCUT2D eigenvalue weighted by molar-refractivity contribution is -0.115. The molecular formula is C26H27N5O2. The van der Waals surface area contributed by atoms with Crippen LogP contribution in [0.3, 0.4) is 0 Å². The van der Waals surface area contributed by atoms with Crippen molar-refractivity contribution in [3.63, 3.8) is 0 Å². The first kappa shape index (κ1) is 22.2. The zero-order chi connectivity index (χ0) is 23.2. The number of rotatable bonds is 8. The lowest BCUT2D eigenvalue weighted by Crippen LogP contribution is -2.34. The minimum absolute atomic E-state index is 0.0741. The molecule has 0 bridgehead atoms. The van der Waals surface area contributed by atoms with Gasteiger partial charge in [-0.2, -0.15) is 0 Å². The van der Waals surface area contributed by atoms with Gasteiger partial charge in [-0.1, -0.05) is 44.2 Å². The third-order valence-electron chi connectivity index (χ3n) is 5.63. The molecule has 0 aliphatic heterocycles. The summed E-state index contributed by atoms with van der Waals surface area (Å²) in [6.45, 7) is 4.11. The van der Waals surface area contributed by atoms with Crippen molar-refractivity contribution in [1.82, 2.24) is 19.9 Å². The van der Waals surface area contributed by atoms with Crippen molar-refractivity contribution in [2.75, 3.05) is 5.32 Å². The van der Waals surface area contributed by atoms with Crippen molar-refractivity contribution in [1.29, 1.82) is 0 Å². The van der Waals surface area contributed by atoms with Crippen molar-refractivity contribution < 1.29 is 9.59 Å². The predicted octanol–water partition coefficient (Wildman–Crippen LogP) is 4.50. The molecule has 0 unspecified atom stereocenters. The molecule has 0 aliphatic carbocycles. The lowest BCUT2D eigenvalue weighted by atomic mass is 10.1. The second-order valence-corrected chi connectivity index (χ2v) is 7.91. The maximum atomic E-state index is 12.8. The Morgan fingerprint density at radius 2 is 1.64 bits per heavy atom. The molecule has 0 saturated carbocycles. The molecule has 33 heavy (non-hydrogen) atoms. The molecule has 4 rings (SSSR count). The highest BCUT2D eigenvalue weighted by atomic mass is 16.2. The van der Waals surface area contributed by atoms with Gasteiger partial charge in [-0.05, 0) is 54.8 Å². The third-order valence-corrected chi connectivity index (χ3v) is 5.63. The Labute approximate surface area is 192 Å². The second-order valence-electron chi connectivity index (χ2n) is 7.91. The summed E-state index contributed by atoms with van der Waals surface area (Å²) in [6.07, 6.45) is 3.91. The van der Waals surface area contributed by atoms with Crippen LogP contribution in [0.15, 0.2) is 72.9 Å². The Morgan fingerprint density at radius 3 is 2.33 bits per heavy atom. The fourth-order valence-electron chi connectivity index (χ4n) is 3.74. The van der Waals surface area contributed by atoms with E-state index in [1.54, 1.807) is 6.07 Å². The second kappa shape index (κ2) is 10.1. The zero-order valence-corrected chi connectivity index (χ0v) is 18.8. The molecule has 7 heteroatoms. The third kappa shape index (κ3) is 5.09. The molecule has 0 spiro atoms. The largest absolute Gasteiger partial charge is 0.349 e. The molecule has 4 aromatic rings. The van der Waals surface area contributed by atoms with Crippen LogP contribution in [0.1, 0.15) is 42.6 Å². The SMILES string of the molecule is CCC(CC)NC(=O)c1cccn2c(-c3ccc(NC(=O)Cc4ccccc4)cc3)nnc12. The van der Waals surface area contributed by atoms with Crippen molar-refractivity contribution in [2.45, 2.75) is 39.2 Å². The molecule has 2 aromatic heterocycles. The van der Waals surface area contributed by atoms with E-state index in [9.17, 15) is 9.59 Å². The fourth-order valence-corrected chi connectivity index (χ4v) is 3.74. The summed E-state index contributed by atoms with van der Waals surface area (Å²) in [6, 6.07) is 20.8. The van der Waals surface area contributed by atoms with Gasteiger partial charge in [0.2, 0.25) is 5.91 Å². The van der Waals surface area contributed by atoms with Crippen LogP contribution in [-0.4, -0.2) is 32.5 Å². The molecule has 2 amide bonds. The molecule has 168 valence electrons. The van der Waals surface area contributed by atoms with Gasteiger partial charge >= 0.3 is 0 Å². The van der Waals surface area contributed by atoms with Crippen molar-refractivity contribution in [2.24, 2.45) is 0 Å². The molecule has 2 heterocycles. The summed E-state index contributed by atoms with van der Waals surface area (Å²) in [4.78, 5) is 25.1. The van der Waals surface area contributed by atoms with Crippen LogP contribution in [0.4, 0.5) is 5.69 Å². The number of hydrogen-bond acceptors (Lipinski definition) is 4. The van der Waals surface area contributed by atoms with E-state index in [1.165, 1.54) is 0 Å². The average molecular weight is 442 g/mol. The van der Waals surface area contributed by atoms with E-state index >= 15 is 0 Å². The highest BCUT2D eigenvalue weighted by molar-refractivity contribution is 6.00. The average Bonchev–Trinajstić information content (AvgIpc) is 3.27. The number of pyridine rings is 1. The summed E-state index contributed by atoms with van der Waals surface area (Å²) < 4.78 is 1.81. The Kier molecular flexibility index (Phi) is 6.78. The summed E-state index contributed by atoms with van der Waals surface area (Å²) in [5.74, 6) is 0.407. The van der Waals surface area contributed by atoms with E-state index in [1.807, 2.05) is 71.3 Å². The predicted molar refractivity (Wildman–Crippen MR) is 129 cm³/mol. The highest BCUT2D eigenvalue weighted by Crippen LogP contribution is 2.22. The van der Waals surface area contributed by atoms with Gasteiger partial charge in [-0.3, -0.25) is 14.0 Å². The van der Waals surface area contributed by atoms with E-state index in [4.69, 9.17) is 0 Å². The Morgan fingerprint density at radius 1 is 0.909 bits per heavy atom. The summed E-state index contributed by atoms with van der Waals surface area (Å²) in [7, 11) is 0. The number of aromatic nitrogens is 3. The van der Waals surface area contributed by atoms with Crippen LogP contribution in [0, 0.1) is 0 Å². The van der Waals surface area contributed by atoms with Crippen molar-refractivity contribution in [3.8, 4) is 11.4 Å². The number of hydrogen-bond donors (Lipinski definition) is 2. The standard InChI is InChI=1S/C26H27N5O2/c1-3-20(4-2)28-26(33)22-11-8-16-31-24(29-30-25(22)31)19-12-14-21(15-13-19)27-23(32)17-18-9-6-5-7-10-18/h5-16,20H,3-4,17H2,1-2H3,(H,27,32)(H,28,33). The van der Waals surface area contributed by atoms with Gasteiger partial charge < -0.3 is 10.6 Å². The first-order chi connectivity index (χ1) is 16.1. The number of nitrogens with zero attached hydrogens (tertiary/aromatic N) is 3. The minimum Gasteiger partial charge on any atom is -0.349 e. The molecule has 0 aliphatic rings. The number of amides is 2. The Hall–Kier alpha value is -4.00. The van der Waals surface area contributed by atoms with E-state index in [0.29, 0.717) is 29.1 Å². The molecule has 2 N–H and O–H groups in total. The van der Waals surface area contributed by atoms with Crippen LogP contribution >= 0.6 is 0 Å². The zero-order valence-electron chi connectivity index (χ0n) is 18.8. The lowest BCUT2D eigenvalue weighted by Gasteiger charge is -2.14. The summed E-state index contributed by atoms with van der Waals surface area (Å²) in [5, 5.41) is 14.6. The molecule has 0 radical (unpaired) electrons. The normalized spacial score (nSPS) is 11.0. The van der Waals surface area contributed by atoms with E-state index in [0.717, 1.165) is 24.0 Å².